The second-order valence-electron chi connectivity index (χ2n) is 23.0. The molecule has 0 amide bonds. The Hall–Kier alpha value is -2.81. The normalized spacial score (nSPS) is 35.6. The standard InChI is InChI=1S/C57H86O8/c1-7-8-9-10-11-12-13-14-15-16-17-18-19-20-24-27-50(60)65-39-52(2,62)37-43(58)35-44(51(61)63-6)45-29-33-57-38-56(45,57)32-30-47-53(3)31-28-42-34-46(41-25-22-21-23-26-41)64-40-54(42,4)48(53)36-49(59)55(47,57)5/h21-23,25-26,28,30,32,44-49,59,62H,7-20,24,27,29,31,33-40H2,1-6H3. The number of carbonyl (C=O) groups excluding carboxylic acids is 3. The summed E-state index contributed by atoms with van der Waals surface area (Å²) in [6.45, 7) is 11.3. The summed E-state index contributed by atoms with van der Waals surface area (Å²) in [5.41, 5.74) is 0.0309. The van der Waals surface area contributed by atoms with Gasteiger partial charge in [0.05, 0.1) is 31.8 Å². The average Bonchev–Trinajstić information content (AvgIpc) is 3.87. The highest BCUT2D eigenvalue weighted by Crippen LogP contribution is 2.89. The van der Waals surface area contributed by atoms with Crippen LogP contribution in [0.2, 0.25) is 0 Å². The summed E-state index contributed by atoms with van der Waals surface area (Å²) in [6.07, 6.45) is 30.9. The Morgan fingerprint density at radius 3 is 2.17 bits per heavy atom. The van der Waals surface area contributed by atoms with Gasteiger partial charge in [0.15, 0.2) is 0 Å². The van der Waals surface area contributed by atoms with E-state index in [9.17, 15) is 24.6 Å². The largest absolute Gasteiger partial charge is 0.469 e. The van der Waals surface area contributed by atoms with E-state index < -0.39 is 29.0 Å². The summed E-state index contributed by atoms with van der Waals surface area (Å²) in [7, 11) is 1.39. The number of fused-ring (bicyclic) bond motifs is 5. The highest BCUT2D eigenvalue weighted by Gasteiger charge is 2.84. The lowest BCUT2D eigenvalue weighted by atomic mass is 9.38. The third kappa shape index (κ3) is 9.90. The molecule has 2 N–H and O–H groups in total. The second kappa shape index (κ2) is 20.8. The lowest BCUT2D eigenvalue weighted by Gasteiger charge is -2.67. The molecule has 1 heterocycles. The van der Waals surface area contributed by atoms with Crippen LogP contribution in [0.3, 0.4) is 0 Å². The fraction of sp³-hybridized carbons (Fsp3) is 0.772. The van der Waals surface area contributed by atoms with Gasteiger partial charge in [0.25, 0.3) is 0 Å². The van der Waals surface area contributed by atoms with E-state index in [4.69, 9.17) is 14.2 Å². The number of benzene rings is 1. The Morgan fingerprint density at radius 1 is 0.908 bits per heavy atom. The van der Waals surface area contributed by atoms with Crippen LogP contribution in [0, 0.1) is 50.7 Å². The number of allylic oxidation sites excluding steroid dienone is 3. The molecule has 0 aromatic heterocycles. The van der Waals surface area contributed by atoms with Crippen LogP contribution in [0.4, 0.5) is 0 Å². The molecule has 12 atom stereocenters. The molecule has 7 rings (SSSR count). The highest BCUT2D eigenvalue weighted by molar-refractivity contribution is 5.85. The van der Waals surface area contributed by atoms with E-state index in [-0.39, 0.29) is 76.7 Å². The first-order valence-corrected chi connectivity index (χ1v) is 26.3. The topological polar surface area (TPSA) is 119 Å². The van der Waals surface area contributed by atoms with Gasteiger partial charge in [-0.25, -0.2) is 0 Å². The third-order valence-electron chi connectivity index (χ3n) is 18.8. The van der Waals surface area contributed by atoms with Crippen LogP contribution in [0.1, 0.15) is 200 Å². The maximum atomic E-state index is 13.8. The predicted octanol–water partition coefficient (Wildman–Crippen LogP) is 12.5. The van der Waals surface area contributed by atoms with Crippen LogP contribution < -0.4 is 0 Å². The zero-order valence-corrected chi connectivity index (χ0v) is 41.3. The minimum absolute atomic E-state index is 0.0371. The van der Waals surface area contributed by atoms with Gasteiger partial charge in [0.2, 0.25) is 0 Å². The van der Waals surface area contributed by atoms with Gasteiger partial charge in [0.1, 0.15) is 18.0 Å². The molecule has 1 aliphatic heterocycles. The monoisotopic (exact) mass is 899 g/mol. The molecule has 1 saturated heterocycles. The van der Waals surface area contributed by atoms with Crippen molar-refractivity contribution in [1.82, 2.24) is 0 Å². The zero-order valence-electron chi connectivity index (χ0n) is 41.3. The van der Waals surface area contributed by atoms with Crippen LogP contribution in [0.25, 0.3) is 0 Å². The average molecular weight is 899 g/mol. The fourth-order valence-electron chi connectivity index (χ4n) is 15.2. The molecular weight excluding hydrogens is 813 g/mol. The molecule has 65 heavy (non-hydrogen) atoms. The quantitative estimate of drug-likeness (QED) is 0.0566. The number of aliphatic hydroxyl groups excluding tert-OH is 1. The van der Waals surface area contributed by atoms with Crippen LogP contribution in [0.5, 0.6) is 0 Å². The minimum Gasteiger partial charge on any atom is -0.469 e. The van der Waals surface area contributed by atoms with Crippen molar-refractivity contribution in [1.29, 1.82) is 0 Å². The summed E-state index contributed by atoms with van der Waals surface area (Å²) >= 11 is 0. The molecule has 0 spiro atoms. The van der Waals surface area contributed by atoms with Crippen molar-refractivity contribution in [3.8, 4) is 0 Å². The van der Waals surface area contributed by atoms with E-state index in [0.717, 1.165) is 51.4 Å². The number of aliphatic hydroxyl groups is 2. The van der Waals surface area contributed by atoms with Gasteiger partial charge in [-0.15, -0.1) is 0 Å². The molecule has 3 saturated carbocycles. The van der Waals surface area contributed by atoms with Gasteiger partial charge >= 0.3 is 11.9 Å². The van der Waals surface area contributed by atoms with Crippen LogP contribution in [-0.2, 0) is 28.6 Å². The Bertz CT molecular complexity index is 1850. The van der Waals surface area contributed by atoms with E-state index in [1.54, 1.807) is 0 Å². The van der Waals surface area contributed by atoms with Crippen molar-refractivity contribution in [2.45, 2.75) is 207 Å². The predicted molar refractivity (Wildman–Crippen MR) is 257 cm³/mol. The van der Waals surface area contributed by atoms with Crippen LogP contribution in [0.15, 0.2) is 54.1 Å². The lowest BCUT2D eigenvalue weighted by Crippen LogP contribution is -2.64. The van der Waals surface area contributed by atoms with Gasteiger partial charge < -0.3 is 24.4 Å². The fourth-order valence-corrected chi connectivity index (χ4v) is 15.2. The molecule has 6 aliphatic rings. The van der Waals surface area contributed by atoms with Gasteiger partial charge in [-0.1, -0.05) is 172 Å². The van der Waals surface area contributed by atoms with E-state index >= 15 is 0 Å². The molecular formula is C57H86O8. The molecule has 1 aromatic carbocycles. The molecule has 0 radical (unpaired) electrons. The Morgan fingerprint density at radius 2 is 1.54 bits per heavy atom. The van der Waals surface area contributed by atoms with Crippen LogP contribution in [-0.4, -0.2) is 60.0 Å². The summed E-state index contributed by atoms with van der Waals surface area (Å²) in [5.74, 6) is -1.35. The Labute approximate surface area is 392 Å². The molecule has 5 aliphatic carbocycles. The maximum Gasteiger partial charge on any atom is 0.309 e. The minimum atomic E-state index is -1.54. The first-order valence-electron chi connectivity index (χ1n) is 26.3. The lowest BCUT2D eigenvalue weighted by molar-refractivity contribution is -0.199. The number of hydrogen-bond donors (Lipinski definition) is 2. The molecule has 8 heteroatoms. The molecule has 1 aromatic rings. The Kier molecular flexibility index (Phi) is 16.0. The number of Topliss-reactive ketones (excluding diaryl/α,β-unsaturated/α-hetero) is 1. The first-order chi connectivity index (χ1) is 31.1. The maximum absolute atomic E-state index is 13.8. The van der Waals surface area contributed by atoms with Crippen molar-refractivity contribution < 1.29 is 38.8 Å². The van der Waals surface area contributed by atoms with E-state index in [0.29, 0.717) is 19.4 Å². The van der Waals surface area contributed by atoms with E-state index in [2.05, 4.69) is 70.2 Å². The van der Waals surface area contributed by atoms with Crippen molar-refractivity contribution in [3.05, 3.63) is 59.7 Å². The second-order valence-corrected chi connectivity index (χ2v) is 23.0. The number of unbranched alkanes of at least 4 members (excludes halogenated alkanes) is 14. The number of esters is 2. The van der Waals surface area contributed by atoms with Crippen molar-refractivity contribution in [3.63, 3.8) is 0 Å². The highest BCUT2D eigenvalue weighted by atomic mass is 16.5. The van der Waals surface area contributed by atoms with Gasteiger partial charge in [-0.2, -0.15) is 0 Å². The molecule has 362 valence electrons. The number of carbonyl (C=O) groups is 3. The van der Waals surface area contributed by atoms with Gasteiger partial charge in [-0.3, -0.25) is 14.4 Å². The van der Waals surface area contributed by atoms with Crippen molar-refractivity contribution >= 4 is 17.7 Å². The van der Waals surface area contributed by atoms with E-state index in [1.807, 2.05) is 6.07 Å². The molecule has 12 unspecified atom stereocenters. The Balaban J connectivity index is 0.893. The zero-order chi connectivity index (χ0) is 46.5. The molecule has 8 nitrogen and oxygen atoms in total. The number of ketones is 1. The number of methoxy groups -OCH3 is 1. The van der Waals surface area contributed by atoms with Crippen molar-refractivity contribution in [2.24, 2.45) is 50.7 Å². The molecule has 4 fully saturated rings. The number of ether oxygens (including phenoxy) is 3. The smallest absolute Gasteiger partial charge is 0.309 e. The SMILES string of the molecule is CCCCCCCCCCCCCCCCCC(=O)OCC(C)(O)CC(=O)CC(C(=O)OC)C1CCC23CC12C=CC1C2(C)CC=C4CC(c5ccccc5)OCC4(C)C2CC(O)C13C. The van der Waals surface area contributed by atoms with E-state index in [1.165, 1.54) is 102 Å². The van der Waals surface area contributed by atoms with Crippen molar-refractivity contribution in [2.75, 3.05) is 20.3 Å². The third-order valence-corrected chi connectivity index (χ3v) is 18.8. The van der Waals surface area contributed by atoms with Crippen LogP contribution >= 0.6 is 0 Å². The number of rotatable bonds is 25. The number of hydrogen-bond acceptors (Lipinski definition) is 8. The van der Waals surface area contributed by atoms with Gasteiger partial charge in [0, 0.05) is 30.1 Å². The summed E-state index contributed by atoms with van der Waals surface area (Å²) in [6, 6.07) is 10.5. The van der Waals surface area contributed by atoms with Gasteiger partial charge in [-0.05, 0) is 91.4 Å². The summed E-state index contributed by atoms with van der Waals surface area (Å²) in [4.78, 5) is 40.1. The summed E-state index contributed by atoms with van der Waals surface area (Å²) < 4.78 is 17.6. The first kappa shape index (κ1) is 50.1. The molecule has 0 bridgehead atoms. The summed E-state index contributed by atoms with van der Waals surface area (Å²) in [5, 5.41) is 23.8.